The number of aryl methyl sites for hydroxylation is 2. The summed E-state index contributed by atoms with van der Waals surface area (Å²) in [5, 5.41) is 19.5. The van der Waals surface area contributed by atoms with Gasteiger partial charge in [0.15, 0.2) is 6.61 Å². The van der Waals surface area contributed by atoms with E-state index in [-0.39, 0.29) is 6.61 Å². The first-order chi connectivity index (χ1) is 9.79. The molecular weight excluding hydrogens is 278 g/mol. The lowest BCUT2D eigenvalue weighted by molar-refractivity contribution is -0.147. The molecule has 0 spiro atoms. The number of aliphatic carboxylic acids is 2. The Morgan fingerprint density at radius 2 is 1.86 bits per heavy atom. The zero-order valence-electron chi connectivity index (χ0n) is 11.8. The number of rotatable bonds is 7. The van der Waals surface area contributed by atoms with Crippen molar-refractivity contribution in [1.29, 1.82) is 0 Å². The Labute approximate surface area is 121 Å². The Kier molecular flexibility index (Phi) is 5.71. The summed E-state index contributed by atoms with van der Waals surface area (Å²) in [6.07, 6.45) is -0.690. The summed E-state index contributed by atoms with van der Waals surface area (Å²) in [4.78, 5) is 32.9. The third-order valence-corrected chi connectivity index (χ3v) is 2.86. The fourth-order valence-electron chi connectivity index (χ4n) is 1.56. The predicted molar refractivity (Wildman–Crippen MR) is 73.2 cm³/mol. The van der Waals surface area contributed by atoms with E-state index in [0.717, 1.165) is 11.1 Å². The van der Waals surface area contributed by atoms with Crippen LogP contribution in [0.25, 0.3) is 0 Å². The second-order valence-corrected chi connectivity index (χ2v) is 4.59. The molecule has 1 amide bonds. The zero-order chi connectivity index (χ0) is 16.0. The summed E-state index contributed by atoms with van der Waals surface area (Å²) in [5.74, 6) is -2.92. The van der Waals surface area contributed by atoms with Gasteiger partial charge in [-0.2, -0.15) is 0 Å². The maximum absolute atomic E-state index is 11.6. The normalized spacial score (nSPS) is 11.5. The number of ether oxygens (including phenoxy) is 1. The molecule has 21 heavy (non-hydrogen) atoms. The summed E-state index contributed by atoms with van der Waals surface area (Å²) >= 11 is 0. The number of hydrogen-bond donors (Lipinski definition) is 3. The number of nitrogens with one attached hydrogen (secondary N) is 1. The van der Waals surface area contributed by atoms with E-state index in [1.54, 1.807) is 12.1 Å². The number of amides is 1. The molecule has 3 N–H and O–H groups in total. The molecule has 0 aliphatic carbocycles. The monoisotopic (exact) mass is 295 g/mol. The minimum atomic E-state index is -1.47. The van der Waals surface area contributed by atoms with Crippen LogP contribution in [0.5, 0.6) is 5.75 Å². The number of benzene rings is 1. The maximum Gasteiger partial charge on any atom is 0.326 e. The van der Waals surface area contributed by atoms with Gasteiger partial charge in [0, 0.05) is 0 Å². The molecule has 0 heterocycles. The van der Waals surface area contributed by atoms with Gasteiger partial charge in [-0.1, -0.05) is 6.07 Å². The Hall–Kier alpha value is -2.57. The fourth-order valence-corrected chi connectivity index (χ4v) is 1.56. The van der Waals surface area contributed by atoms with Crippen LogP contribution in [0.15, 0.2) is 18.2 Å². The minimum absolute atomic E-state index is 0.383. The van der Waals surface area contributed by atoms with Crippen molar-refractivity contribution in [2.24, 2.45) is 0 Å². The second kappa shape index (κ2) is 7.28. The van der Waals surface area contributed by atoms with Crippen LogP contribution in [0.4, 0.5) is 0 Å². The van der Waals surface area contributed by atoms with Gasteiger partial charge in [-0.05, 0) is 37.1 Å². The summed E-state index contributed by atoms with van der Waals surface area (Å²) in [6, 6.07) is 3.82. The molecule has 1 rings (SSSR count). The van der Waals surface area contributed by atoms with Crippen LogP contribution < -0.4 is 10.1 Å². The highest BCUT2D eigenvalue weighted by atomic mass is 16.5. The number of carboxylic acids is 2. The highest BCUT2D eigenvalue weighted by molar-refractivity contribution is 5.87. The molecule has 7 heteroatoms. The van der Waals surface area contributed by atoms with Gasteiger partial charge in [0.2, 0.25) is 0 Å². The smallest absolute Gasteiger partial charge is 0.326 e. The van der Waals surface area contributed by atoms with Crippen molar-refractivity contribution in [1.82, 2.24) is 5.32 Å². The molecule has 1 atom stereocenters. The van der Waals surface area contributed by atoms with E-state index in [9.17, 15) is 14.4 Å². The van der Waals surface area contributed by atoms with E-state index in [4.69, 9.17) is 14.9 Å². The average molecular weight is 295 g/mol. The van der Waals surface area contributed by atoms with Crippen molar-refractivity contribution in [3.63, 3.8) is 0 Å². The molecule has 7 nitrogen and oxygen atoms in total. The SMILES string of the molecule is Cc1ccc(OCC(=O)N[C@H](CC(=O)O)C(=O)O)cc1C. The van der Waals surface area contributed by atoms with Gasteiger partial charge in [0.1, 0.15) is 11.8 Å². The molecule has 0 fully saturated rings. The zero-order valence-corrected chi connectivity index (χ0v) is 11.8. The average Bonchev–Trinajstić information content (AvgIpc) is 2.38. The summed E-state index contributed by atoms with van der Waals surface area (Å²) in [6.45, 7) is 3.46. The maximum atomic E-state index is 11.6. The van der Waals surface area contributed by atoms with Crippen molar-refractivity contribution in [2.75, 3.05) is 6.61 Å². The number of carbonyl (C=O) groups is 3. The lowest BCUT2D eigenvalue weighted by Crippen LogP contribution is -2.44. The van der Waals surface area contributed by atoms with Gasteiger partial charge in [0.25, 0.3) is 5.91 Å². The fraction of sp³-hybridized carbons (Fsp3) is 0.357. The van der Waals surface area contributed by atoms with Crippen molar-refractivity contribution in [3.05, 3.63) is 29.3 Å². The molecule has 0 radical (unpaired) electrons. The molecule has 0 aromatic heterocycles. The van der Waals surface area contributed by atoms with Gasteiger partial charge in [-0.15, -0.1) is 0 Å². The van der Waals surface area contributed by atoms with Crippen LogP contribution in [0.1, 0.15) is 17.5 Å². The van der Waals surface area contributed by atoms with E-state index in [1.165, 1.54) is 0 Å². The van der Waals surface area contributed by atoms with Crippen molar-refractivity contribution in [3.8, 4) is 5.75 Å². The molecule has 1 aromatic carbocycles. The largest absolute Gasteiger partial charge is 0.484 e. The third-order valence-electron chi connectivity index (χ3n) is 2.86. The molecule has 0 aliphatic rings. The Morgan fingerprint density at radius 1 is 1.19 bits per heavy atom. The molecule has 0 unspecified atom stereocenters. The van der Waals surface area contributed by atoms with Gasteiger partial charge < -0.3 is 20.3 Å². The first-order valence-electron chi connectivity index (χ1n) is 6.23. The van der Waals surface area contributed by atoms with Crippen LogP contribution in [-0.2, 0) is 14.4 Å². The number of carbonyl (C=O) groups excluding carboxylic acids is 1. The first kappa shape index (κ1) is 16.5. The second-order valence-electron chi connectivity index (χ2n) is 4.59. The van der Waals surface area contributed by atoms with Gasteiger partial charge in [-0.3, -0.25) is 9.59 Å². The quantitative estimate of drug-likeness (QED) is 0.683. The topological polar surface area (TPSA) is 113 Å². The molecule has 114 valence electrons. The van der Waals surface area contributed by atoms with E-state index in [0.29, 0.717) is 5.75 Å². The van der Waals surface area contributed by atoms with Crippen molar-refractivity contribution in [2.45, 2.75) is 26.3 Å². The lowest BCUT2D eigenvalue weighted by Gasteiger charge is -2.13. The highest BCUT2D eigenvalue weighted by Gasteiger charge is 2.23. The number of hydrogen-bond acceptors (Lipinski definition) is 4. The number of carboxylic acid groups (broad SMARTS) is 2. The van der Waals surface area contributed by atoms with E-state index >= 15 is 0 Å². The van der Waals surface area contributed by atoms with E-state index < -0.39 is 30.3 Å². The molecule has 0 aliphatic heterocycles. The van der Waals surface area contributed by atoms with E-state index in [2.05, 4.69) is 5.32 Å². The van der Waals surface area contributed by atoms with Gasteiger partial charge >= 0.3 is 11.9 Å². The predicted octanol–water partition coefficient (Wildman–Crippen LogP) is 0.726. The van der Waals surface area contributed by atoms with Crippen LogP contribution in [0.2, 0.25) is 0 Å². The Balaban J connectivity index is 2.54. The Morgan fingerprint density at radius 3 is 2.38 bits per heavy atom. The van der Waals surface area contributed by atoms with Crippen molar-refractivity contribution >= 4 is 17.8 Å². The van der Waals surface area contributed by atoms with Crippen LogP contribution in [0, 0.1) is 13.8 Å². The molecule has 0 saturated heterocycles. The molecule has 0 saturated carbocycles. The van der Waals surface area contributed by atoms with Crippen molar-refractivity contribution < 1.29 is 29.3 Å². The highest BCUT2D eigenvalue weighted by Crippen LogP contribution is 2.16. The van der Waals surface area contributed by atoms with Crippen LogP contribution in [-0.4, -0.2) is 40.7 Å². The van der Waals surface area contributed by atoms with Crippen LogP contribution in [0.3, 0.4) is 0 Å². The lowest BCUT2D eigenvalue weighted by atomic mass is 10.1. The summed E-state index contributed by atoms with van der Waals surface area (Å²) in [7, 11) is 0. The standard InChI is InChI=1S/C14H17NO6/c1-8-3-4-10(5-9(8)2)21-7-12(16)15-11(14(19)20)6-13(17)18/h3-5,11H,6-7H2,1-2H3,(H,15,16)(H,17,18)(H,19,20)/t11-/m1/s1. The molecule has 0 bridgehead atoms. The minimum Gasteiger partial charge on any atom is -0.484 e. The third kappa shape index (κ3) is 5.52. The summed E-state index contributed by atoms with van der Waals surface area (Å²) < 4.78 is 5.24. The Bertz CT molecular complexity index is 554. The first-order valence-corrected chi connectivity index (χ1v) is 6.23. The van der Waals surface area contributed by atoms with Gasteiger partial charge in [-0.25, -0.2) is 4.79 Å². The molecular formula is C14H17NO6. The van der Waals surface area contributed by atoms with E-state index in [1.807, 2.05) is 19.9 Å². The summed E-state index contributed by atoms with van der Waals surface area (Å²) in [5.41, 5.74) is 2.08. The van der Waals surface area contributed by atoms with Crippen LogP contribution >= 0.6 is 0 Å². The van der Waals surface area contributed by atoms with Gasteiger partial charge in [0.05, 0.1) is 6.42 Å². The molecule has 1 aromatic rings.